The molecule has 2 unspecified atom stereocenters. The van der Waals surface area contributed by atoms with Gasteiger partial charge in [0, 0.05) is 12.6 Å². The molecule has 6 heteroatoms. The highest BCUT2D eigenvalue weighted by Gasteiger charge is 2.39. The van der Waals surface area contributed by atoms with Gasteiger partial charge in [-0.05, 0) is 12.0 Å². The van der Waals surface area contributed by atoms with Crippen molar-refractivity contribution in [3.8, 4) is 6.07 Å². The van der Waals surface area contributed by atoms with Gasteiger partial charge in [0.15, 0.2) is 5.92 Å². The Kier molecular flexibility index (Phi) is 5.80. The smallest absolute Gasteiger partial charge is 0.395 e. The molecule has 1 aromatic carbocycles. The van der Waals surface area contributed by atoms with Crippen LogP contribution in [-0.2, 0) is 6.42 Å². The van der Waals surface area contributed by atoms with Gasteiger partial charge < -0.3 is 10.4 Å². The SMILES string of the molecule is N#CC(CNC(CO)Cc1ccccc1)C(F)(F)F. The molecule has 2 N–H and O–H groups in total. The Morgan fingerprint density at radius 3 is 2.37 bits per heavy atom. The second-order valence-electron chi connectivity index (χ2n) is 4.20. The van der Waals surface area contributed by atoms with Crippen LogP contribution in [0, 0.1) is 17.2 Å². The number of hydrogen-bond donors (Lipinski definition) is 2. The molecule has 0 fully saturated rings. The molecule has 0 radical (unpaired) electrons. The number of rotatable bonds is 6. The third-order valence-corrected chi connectivity index (χ3v) is 2.71. The van der Waals surface area contributed by atoms with E-state index in [0.29, 0.717) is 6.42 Å². The second kappa shape index (κ2) is 7.12. The van der Waals surface area contributed by atoms with E-state index in [2.05, 4.69) is 5.32 Å². The Balaban J connectivity index is 2.52. The van der Waals surface area contributed by atoms with Gasteiger partial charge in [0.25, 0.3) is 0 Å². The zero-order valence-electron chi connectivity index (χ0n) is 10.2. The summed E-state index contributed by atoms with van der Waals surface area (Å²) in [6, 6.07) is 9.84. The van der Waals surface area contributed by atoms with E-state index in [9.17, 15) is 13.2 Å². The van der Waals surface area contributed by atoms with Crippen molar-refractivity contribution in [3.63, 3.8) is 0 Å². The second-order valence-corrected chi connectivity index (χ2v) is 4.20. The third-order valence-electron chi connectivity index (χ3n) is 2.71. The highest BCUT2D eigenvalue weighted by Crippen LogP contribution is 2.25. The number of hydrogen-bond acceptors (Lipinski definition) is 3. The lowest BCUT2D eigenvalue weighted by Crippen LogP contribution is -2.41. The molecule has 0 saturated heterocycles. The zero-order chi connectivity index (χ0) is 14.3. The maximum absolute atomic E-state index is 12.4. The summed E-state index contributed by atoms with van der Waals surface area (Å²) in [5.41, 5.74) is 0.912. The van der Waals surface area contributed by atoms with E-state index in [1.54, 1.807) is 0 Å². The largest absolute Gasteiger partial charge is 0.405 e. The Hall–Kier alpha value is -1.58. The van der Waals surface area contributed by atoms with Crippen LogP contribution >= 0.6 is 0 Å². The first-order valence-corrected chi connectivity index (χ1v) is 5.82. The van der Waals surface area contributed by atoms with Gasteiger partial charge in [0.2, 0.25) is 0 Å². The van der Waals surface area contributed by atoms with Crippen LogP contribution in [0.15, 0.2) is 30.3 Å². The van der Waals surface area contributed by atoms with Crippen LogP contribution in [0.4, 0.5) is 13.2 Å². The fourth-order valence-electron chi connectivity index (χ4n) is 1.62. The van der Waals surface area contributed by atoms with Gasteiger partial charge in [-0.2, -0.15) is 18.4 Å². The molecule has 0 saturated carbocycles. The van der Waals surface area contributed by atoms with Gasteiger partial charge in [0.05, 0.1) is 12.7 Å². The molecule has 0 aliphatic carbocycles. The van der Waals surface area contributed by atoms with E-state index in [-0.39, 0.29) is 6.61 Å². The Bertz CT molecular complexity index is 414. The molecule has 0 heterocycles. The van der Waals surface area contributed by atoms with Crippen LogP contribution in [0.2, 0.25) is 0 Å². The first-order valence-electron chi connectivity index (χ1n) is 5.82. The van der Waals surface area contributed by atoms with Crippen molar-refractivity contribution >= 4 is 0 Å². The van der Waals surface area contributed by atoms with Gasteiger partial charge in [-0.15, -0.1) is 0 Å². The van der Waals surface area contributed by atoms with Gasteiger partial charge in [-0.25, -0.2) is 0 Å². The van der Waals surface area contributed by atoms with Gasteiger partial charge in [-0.1, -0.05) is 30.3 Å². The van der Waals surface area contributed by atoms with Gasteiger partial charge in [0.1, 0.15) is 0 Å². The molecular weight excluding hydrogens is 257 g/mol. The van der Waals surface area contributed by atoms with E-state index >= 15 is 0 Å². The molecule has 3 nitrogen and oxygen atoms in total. The quantitative estimate of drug-likeness (QED) is 0.831. The van der Waals surface area contributed by atoms with Crippen molar-refractivity contribution in [1.82, 2.24) is 5.32 Å². The first kappa shape index (κ1) is 15.5. The molecule has 0 bridgehead atoms. The number of alkyl halides is 3. The normalized spacial score (nSPS) is 14.7. The van der Waals surface area contributed by atoms with Crippen molar-refractivity contribution in [2.75, 3.05) is 13.2 Å². The van der Waals surface area contributed by atoms with Crippen molar-refractivity contribution in [3.05, 3.63) is 35.9 Å². The minimum atomic E-state index is -4.55. The average molecular weight is 272 g/mol. The number of aliphatic hydroxyl groups is 1. The van der Waals surface area contributed by atoms with Gasteiger partial charge in [-0.3, -0.25) is 0 Å². The number of nitrogens with one attached hydrogen (secondary N) is 1. The van der Waals surface area contributed by atoms with Crippen LogP contribution in [0.25, 0.3) is 0 Å². The monoisotopic (exact) mass is 272 g/mol. The molecule has 0 spiro atoms. The number of nitrogens with zero attached hydrogens (tertiary/aromatic N) is 1. The zero-order valence-corrected chi connectivity index (χ0v) is 10.2. The summed E-state index contributed by atoms with van der Waals surface area (Å²) >= 11 is 0. The molecular formula is C13H15F3N2O. The first-order chi connectivity index (χ1) is 8.97. The van der Waals surface area contributed by atoms with Crippen molar-refractivity contribution in [2.45, 2.75) is 18.6 Å². The van der Waals surface area contributed by atoms with Crippen molar-refractivity contribution in [1.29, 1.82) is 5.26 Å². The molecule has 104 valence electrons. The molecule has 1 aromatic rings. The lowest BCUT2D eigenvalue weighted by Gasteiger charge is -2.19. The highest BCUT2D eigenvalue weighted by molar-refractivity contribution is 5.15. The number of benzene rings is 1. The molecule has 0 amide bonds. The summed E-state index contributed by atoms with van der Waals surface area (Å²) in [5.74, 6) is -2.06. The maximum atomic E-state index is 12.4. The van der Waals surface area contributed by atoms with E-state index in [1.165, 1.54) is 6.07 Å². The number of halogens is 3. The molecule has 1 rings (SSSR count). The standard InChI is InChI=1S/C13H15F3N2O/c14-13(15,16)11(7-17)8-18-12(9-19)6-10-4-2-1-3-5-10/h1-5,11-12,18-19H,6,8-9H2. The van der Waals surface area contributed by atoms with Crippen LogP contribution < -0.4 is 5.32 Å². The average Bonchev–Trinajstić information content (AvgIpc) is 2.37. The van der Waals surface area contributed by atoms with Crippen molar-refractivity contribution < 1.29 is 18.3 Å². The third kappa shape index (κ3) is 5.28. The van der Waals surface area contributed by atoms with Gasteiger partial charge >= 0.3 is 6.18 Å². The Morgan fingerprint density at radius 2 is 1.89 bits per heavy atom. The summed E-state index contributed by atoms with van der Waals surface area (Å²) in [5, 5.41) is 20.2. The minimum absolute atomic E-state index is 0.287. The molecule has 0 aliphatic rings. The van der Waals surface area contributed by atoms with E-state index < -0.39 is 24.7 Å². The molecule has 0 aromatic heterocycles. The van der Waals surface area contributed by atoms with E-state index in [4.69, 9.17) is 10.4 Å². The van der Waals surface area contributed by atoms with E-state index in [0.717, 1.165) is 5.56 Å². The van der Waals surface area contributed by atoms with E-state index in [1.807, 2.05) is 30.3 Å². The molecule has 0 aliphatic heterocycles. The summed E-state index contributed by atoms with van der Waals surface area (Å²) in [6.45, 7) is -0.803. The van der Waals surface area contributed by atoms with Crippen LogP contribution in [0.3, 0.4) is 0 Å². The summed E-state index contributed by atoms with van der Waals surface area (Å²) in [7, 11) is 0. The number of nitriles is 1. The predicted molar refractivity (Wildman–Crippen MR) is 64.2 cm³/mol. The van der Waals surface area contributed by atoms with Crippen molar-refractivity contribution in [2.24, 2.45) is 5.92 Å². The van der Waals surface area contributed by atoms with Crippen LogP contribution in [0.1, 0.15) is 5.56 Å². The van der Waals surface area contributed by atoms with Crippen LogP contribution in [0.5, 0.6) is 0 Å². The van der Waals surface area contributed by atoms with Crippen LogP contribution in [-0.4, -0.2) is 30.5 Å². The molecule has 19 heavy (non-hydrogen) atoms. The maximum Gasteiger partial charge on any atom is 0.405 e. The fraction of sp³-hybridized carbons (Fsp3) is 0.462. The summed E-state index contributed by atoms with van der Waals surface area (Å²) < 4.78 is 37.1. The number of aliphatic hydroxyl groups excluding tert-OH is 1. The minimum Gasteiger partial charge on any atom is -0.395 e. The molecule has 2 atom stereocenters. The fourth-order valence-corrected chi connectivity index (χ4v) is 1.62. The lowest BCUT2D eigenvalue weighted by atomic mass is 10.1. The Labute approximate surface area is 109 Å². The lowest BCUT2D eigenvalue weighted by molar-refractivity contribution is -0.158. The topological polar surface area (TPSA) is 56.0 Å². The summed E-state index contributed by atoms with van der Waals surface area (Å²) in [4.78, 5) is 0. The summed E-state index contributed by atoms with van der Waals surface area (Å²) in [6.07, 6.45) is -4.14. The highest BCUT2D eigenvalue weighted by atomic mass is 19.4. The Morgan fingerprint density at radius 1 is 1.26 bits per heavy atom. The predicted octanol–water partition coefficient (Wildman–Crippen LogP) is 1.88.